The van der Waals surface area contributed by atoms with Crippen molar-refractivity contribution in [2.24, 2.45) is 11.1 Å². The van der Waals surface area contributed by atoms with Crippen molar-refractivity contribution in [1.82, 2.24) is 0 Å². The topological polar surface area (TPSA) is 61.6 Å². The number of nitrogens with two attached hydrogens (primary N) is 1. The van der Waals surface area contributed by atoms with Crippen LogP contribution in [0.1, 0.15) is 29.6 Å². The van der Waals surface area contributed by atoms with Crippen LogP contribution in [0.3, 0.4) is 0 Å². The molecular formula is C14H17NO3. The Hall–Kier alpha value is -1.55. The van der Waals surface area contributed by atoms with Gasteiger partial charge in [-0.2, -0.15) is 0 Å². The molecule has 2 aliphatic rings. The van der Waals surface area contributed by atoms with Crippen LogP contribution in [0.15, 0.2) is 18.2 Å². The maximum Gasteiger partial charge on any atom is 0.170 e. The molecule has 2 N–H and O–H groups in total. The third-order valence-electron chi connectivity index (χ3n) is 3.74. The first-order valence-electron chi connectivity index (χ1n) is 6.40. The standard InChI is InChI=1S/C14H17NO3/c15-9-14(4-5-14)13(16)10-2-3-11-12(8-10)18-7-1-6-17-11/h2-3,8H,1,4-7,9,15H2. The second-order valence-corrected chi connectivity index (χ2v) is 5.03. The third kappa shape index (κ3) is 1.86. The van der Waals surface area contributed by atoms with Crippen LogP contribution in [0.25, 0.3) is 0 Å². The van der Waals surface area contributed by atoms with Crippen molar-refractivity contribution in [3.63, 3.8) is 0 Å². The predicted octanol–water partition coefficient (Wildman–Crippen LogP) is 1.77. The fraction of sp³-hybridized carbons (Fsp3) is 0.500. The maximum atomic E-state index is 12.4. The van der Waals surface area contributed by atoms with E-state index in [-0.39, 0.29) is 11.2 Å². The van der Waals surface area contributed by atoms with Crippen LogP contribution in [0.4, 0.5) is 0 Å². The first-order chi connectivity index (χ1) is 8.75. The van der Waals surface area contributed by atoms with Gasteiger partial charge in [-0.1, -0.05) is 0 Å². The van der Waals surface area contributed by atoms with Gasteiger partial charge >= 0.3 is 0 Å². The van der Waals surface area contributed by atoms with E-state index in [0.717, 1.165) is 25.0 Å². The lowest BCUT2D eigenvalue weighted by Crippen LogP contribution is -2.25. The number of Topliss-reactive ketones (excluding diaryl/α,β-unsaturated/α-hetero) is 1. The second kappa shape index (κ2) is 4.28. The highest BCUT2D eigenvalue weighted by Gasteiger charge is 2.48. The largest absolute Gasteiger partial charge is 0.490 e. The van der Waals surface area contributed by atoms with Crippen molar-refractivity contribution in [2.75, 3.05) is 19.8 Å². The van der Waals surface area contributed by atoms with Gasteiger partial charge in [0.15, 0.2) is 17.3 Å². The summed E-state index contributed by atoms with van der Waals surface area (Å²) in [6, 6.07) is 5.42. The summed E-state index contributed by atoms with van der Waals surface area (Å²) in [5, 5.41) is 0. The Morgan fingerprint density at radius 2 is 1.94 bits per heavy atom. The summed E-state index contributed by atoms with van der Waals surface area (Å²) < 4.78 is 11.1. The van der Waals surface area contributed by atoms with E-state index in [9.17, 15) is 4.79 Å². The van der Waals surface area contributed by atoms with Crippen molar-refractivity contribution in [3.05, 3.63) is 23.8 Å². The molecule has 0 bridgehead atoms. The number of carbonyl (C=O) groups is 1. The van der Waals surface area contributed by atoms with Gasteiger partial charge in [0.05, 0.1) is 13.2 Å². The van der Waals surface area contributed by atoms with Crippen LogP contribution in [0, 0.1) is 5.41 Å². The Morgan fingerprint density at radius 1 is 1.22 bits per heavy atom. The van der Waals surface area contributed by atoms with Gasteiger partial charge in [-0.25, -0.2) is 0 Å². The van der Waals surface area contributed by atoms with Crippen molar-refractivity contribution in [2.45, 2.75) is 19.3 Å². The molecule has 0 unspecified atom stereocenters. The summed E-state index contributed by atoms with van der Waals surface area (Å²) in [5.74, 6) is 1.54. The van der Waals surface area contributed by atoms with E-state index in [1.54, 1.807) is 6.07 Å². The van der Waals surface area contributed by atoms with Crippen LogP contribution in [-0.4, -0.2) is 25.5 Å². The zero-order chi connectivity index (χ0) is 12.6. The highest BCUT2D eigenvalue weighted by Crippen LogP contribution is 2.47. The number of rotatable bonds is 3. The van der Waals surface area contributed by atoms with Crippen LogP contribution < -0.4 is 15.2 Å². The van der Waals surface area contributed by atoms with E-state index in [1.165, 1.54) is 0 Å². The van der Waals surface area contributed by atoms with Gasteiger partial charge in [-0.15, -0.1) is 0 Å². The van der Waals surface area contributed by atoms with Crippen LogP contribution in [-0.2, 0) is 0 Å². The quantitative estimate of drug-likeness (QED) is 0.827. The lowest BCUT2D eigenvalue weighted by molar-refractivity contribution is 0.0905. The lowest BCUT2D eigenvalue weighted by atomic mass is 9.94. The molecule has 0 spiro atoms. The average molecular weight is 247 g/mol. The minimum absolute atomic E-state index is 0.139. The summed E-state index contributed by atoms with van der Waals surface area (Å²) in [5.41, 5.74) is 6.07. The highest BCUT2D eigenvalue weighted by molar-refractivity contribution is 6.02. The number of ether oxygens (including phenoxy) is 2. The first kappa shape index (κ1) is 11.5. The number of fused-ring (bicyclic) bond motifs is 1. The molecule has 0 amide bonds. The van der Waals surface area contributed by atoms with Crippen LogP contribution >= 0.6 is 0 Å². The zero-order valence-electron chi connectivity index (χ0n) is 10.3. The summed E-state index contributed by atoms with van der Waals surface area (Å²) in [6.45, 7) is 1.72. The van der Waals surface area contributed by atoms with E-state index in [2.05, 4.69) is 0 Å². The highest BCUT2D eigenvalue weighted by atomic mass is 16.5. The molecule has 1 fully saturated rings. The van der Waals surface area contributed by atoms with Gasteiger partial charge < -0.3 is 15.2 Å². The Bertz CT molecular complexity index is 480. The lowest BCUT2D eigenvalue weighted by Gasteiger charge is -2.13. The van der Waals surface area contributed by atoms with Gasteiger partial charge in [0.1, 0.15) is 0 Å². The van der Waals surface area contributed by atoms with Crippen molar-refractivity contribution in [1.29, 1.82) is 0 Å². The van der Waals surface area contributed by atoms with Crippen molar-refractivity contribution >= 4 is 5.78 Å². The van der Waals surface area contributed by atoms with Gasteiger partial charge in [0.2, 0.25) is 0 Å². The van der Waals surface area contributed by atoms with Gasteiger partial charge in [-0.3, -0.25) is 4.79 Å². The molecular weight excluding hydrogens is 230 g/mol. The van der Waals surface area contributed by atoms with Crippen molar-refractivity contribution in [3.8, 4) is 11.5 Å². The number of hydrogen-bond donors (Lipinski definition) is 1. The Labute approximate surface area is 106 Å². The smallest absolute Gasteiger partial charge is 0.170 e. The number of hydrogen-bond acceptors (Lipinski definition) is 4. The fourth-order valence-corrected chi connectivity index (χ4v) is 2.29. The number of carbonyl (C=O) groups excluding carboxylic acids is 1. The molecule has 1 aliphatic heterocycles. The monoisotopic (exact) mass is 247 g/mol. The zero-order valence-corrected chi connectivity index (χ0v) is 10.3. The van der Waals surface area contributed by atoms with Crippen LogP contribution in [0.5, 0.6) is 11.5 Å². The molecule has 1 heterocycles. The molecule has 1 aromatic carbocycles. The normalized spacial score (nSPS) is 20.1. The van der Waals surface area contributed by atoms with E-state index >= 15 is 0 Å². The molecule has 0 atom stereocenters. The Kier molecular flexibility index (Phi) is 2.74. The molecule has 1 saturated carbocycles. The summed E-state index contributed by atoms with van der Waals surface area (Å²) in [4.78, 5) is 12.4. The van der Waals surface area contributed by atoms with E-state index in [0.29, 0.717) is 31.1 Å². The van der Waals surface area contributed by atoms with Gasteiger partial charge in [0.25, 0.3) is 0 Å². The molecule has 4 heteroatoms. The van der Waals surface area contributed by atoms with Gasteiger partial charge in [-0.05, 0) is 31.0 Å². The minimum atomic E-state index is -0.306. The first-order valence-corrected chi connectivity index (χ1v) is 6.40. The van der Waals surface area contributed by atoms with E-state index in [4.69, 9.17) is 15.2 Å². The molecule has 96 valence electrons. The summed E-state index contributed by atoms with van der Waals surface area (Å²) >= 11 is 0. The predicted molar refractivity (Wildman–Crippen MR) is 67.1 cm³/mol. The molecule has 3 rings (SSSR count). The summed E-state index contributed by atoms with van der Waals surface area (Å²) in [6.07, 6.45) is 2.66. The molecule has 1 aliphatic carbocycles. The average Bonchev–Trinajstić information content (AvgIpc) is 3.21. The fourth-order valence-electron chi connectivity index (χ4n) is 2.29. The number of benzene rings is 1. The maximum absolute atomic E-state index is 12.4. The molecule has 0 radical (unpaired) electrons. The van der Waals surface area contributed by atoms with E-state index < -0.39 is 0 Å². The van der Waals surface area contributed by atoms with Crippen LogP contribution in [0.2, 0.25) is 0 Å². The number of ketones is 1. The van der Waals surface area contributed by atoms with E-state index in [1.807, 2.05) is 12.1 Å². The van der Waals surface area contributed by atoms with Gasteiger partial charge in [0, 0.05) is 23.9 Å². The van der Waals surface area contributed by atoms with Crippen molar-refractivity contribution < 1.29 is 14.3 Å². The molecule has 18 heavy (non-hydrogen) atoms. The SMILES string of the molecule is NCC1(C(=O)c2ccc3c(c2)OCCCO3)CC1. The third-order valence-corrected chi connectivity index (χ3v) is 3.74. The molecule has 0 saturated heterocycles. The Morgan fingerprint density at radius 3 is 2.61 bits per heavy atom. The Balaban J connectivity index is 1.90. The molecule has 4 nitrogen and oxygen atoms in total. The molecule has 0 aromatic heterocycles. The summed E-state index contributed by atoms with van der Waals surface area (Å²) in [7, 11) is 0. The minimum Gasteiger partial charge on any atom is -0.490 e. The molecule has 1 aromatic rings. The second-order valence-electron chi connectivity index (χ2n) is 5.03.